The molecular formula is C21H18O6. The lowest BCUT2D eigenvalue weighted by atomic mass is 9.82. The summed E-state index contributed by atoms with van der Waals surface area (Å²) in [6, 6.07) is 7.91. The maximum Gasteiger partial charge on any atom is 0.342 e. The number of allylic oxidation sites excluding steroid dienone is 2. The van der Waals surface area contributed by atoms with Crippen LogP contribution in [0.2, 0.25) is 0 Å². The van der Waals surface area contributed by atoms with Crippen LogP contribution in [0, 0.1) is 0 Å². The van der Waals surface area contributed by atoms with E-state index >= 15 is 0 Å². The van der Waals surface area contributed by atoms with Crippen LogP contribution in [0.4, 0.5) is 0 Å². The molecule has 2 aromatic carbocycles. The summed E-state index contributed by atoms with van der Waals surface area (Å²) < 4.78 is 10.4. The van der Waals surface area contributed by atoms with Crippen LogP contribution in [0.3, 0.4) is 0 Å². The molecule has 1 N–H and O–H groups in total. The third-order valence-corrected chi connectivity index (χ3v) is 4.36. The van der Waals surface area contributed by atoms with Crippen molar-refractivity contribution in [2.75, 3.05) is 13.7 Å². The zero-order valence-corrected chi connectivity index (χ0v) is 15.2. The summed E-state index contributed by atoms with van der Waals surface area (Å²) in [5, 5.41) is 10.5. The molecule has 0 heterocycles. The summed E-state index contributed by atoms with van der Waals surface area (Å²) >= 11 is 0. The lowest BCUT2D eigenvalue weighted by Crippen LogP contribution is -2.20. The summed E-state index contributed by atoms with van der Waals surface area (Å²) in [4.78, 5) is 37.9. The van der Waals surface area contributed by atoms with Gasteiger partial charge in [0.1, 0.15) is 17.1 Å². The van der Waals surface area contributed by atoms with Crippen LogP contribution >= 0.6 is 0 Å². The molecule has 3 rings (SSSR count). The molecule has 1 aliphatic rings. The molecule has 0 spiro atoms. The zero-order valence-electron chi connectivity index (χ0n) is 15.2. The molecule has 2 aromatic rings. The predicted octanol–water partition coefficient (Wildman–Crippen LogP) is 3.57. The van der Waals surface area contributed by atoms with Gasteiger partial charge in [0.2, 0.25) is 0 Å². The first-order chi connectivity index (χ1) is 12.9. The van der Waals surface area contributed by atoms with Crippen LogP contribution in [0.15, 0.2) is 42.0 Å². The fourth-order valence-electron chi connectivity index (χ4n) is 3.18. The van der Waals surface area contributed by atoms with Gasteiger partial charge in [0.25, 0.3) is 0 Å². The van der Waals surface area contributed by atoms with Gasteiger partial charge in [0.15, 0.2) is 11.6 Å². The molecule has 0 bridgehead atoms. The molecule has 138 valence electrons. The second kappa shape index (κ2) is 7.07. The first kappa shape index (κ1) is 18.4. The van der Waals surface area contributed by atoms with E-state index in [9.17, 15) is 19.5 Å². The molecule has 0 aromatic heterocycles. The second-order valence-corrected chi connectivity index (χ2v) is 6.01. The zero-order chi connectivity index (χ0) is 19.7. The van der Waals surface area contributed by atoms with Crippen molar-refractivity contribution in [1.29, 1.82) is 0 Å². The second-order valence-electron chi connectivity index (χ2n) is 6.01. The number of aromatic hydroxyl groups is 1. The van der Waals surface area contributed by atoms with Crippen LogP contribution < -0.4 is 4.74 Å². The van der Waals surface area contributed by atoms with Gasteiger partial charge in [0.05, 0.1) is 13.7 Å². The lowest BCUT2D eigenvalue weighted by molar-refractivity contribution is 0.0523. The highest BCUT2D eigenvalue weighted by molar-refractivity contribution is 6.28. The molecule has 0 unspecified atom stereocenters. The van der Waals surface area contributed by atoms with Gasteiger partial charge in [-0.3, -0.25) is 9.59 Å². The maximum absolute atomic E-state index is 12.8. The topological polar surface area (TPSA) is 89.9 Å². The Bertz CT molecular complexity index is 1000. The number of fused-ring (bicyclic) bond motifs is 1. The summed E-state index contributed by atoms with van der Waals surface area (Å²) in [6.45, 7) is 3.26. The Morgan fingerprint density at radius 3 is 2.48 bits per heavy atom. The number of phenols is 1. The van der Waals surface area contributed by atoms with Crippen molar-refractivity contribution in [3.63, 3.8) is 0 Å². The first-order valence-corrected chi connectivity index (χ1v) is 8.38. The fourth-order valence-corrected chi connectivity index (χ4v) is 3.18. The van der Waals surface area contributed by atoms with Crippen molar-refractivity contribution in [2.24, 2.45) is 0 Å². The van der Waals surface area contributed by atoms with Crippen molar-refractivity contribution in [1.82, 2.24) is 0 Å². The van der Waals surface area contributed by atoms with E-state index < -0.39 is 17.5 Å². The summed E-state index contributed by atoms with van der Waals surface area (Å²) in [7, 11) is 1.45. The number of phenolic OH excluding ortho intramolecular Hbond substituents is 1. The largest absolute Gasteiger partial charge is 0.507 e. The van der Waals surface area contributed by atoms with E-state index in [4.69, 9.17) is 9.47 Å². The number of carbonyl (C=O) groups excluding carboxylic acids is 3. The number of methoxy groups -OCH3 is 1. The van der Waals surface area contributed by atoms with E-state index in [2.05, 4.69) is 0 Å². The molecule has 0 atom stereocenters. The molecule has 0 radical (unpaired) electrons. The fraction of sp³-hybridized carbons (Fsp3) is 0.190. The molecule has 0 saturated carbocycles. The van der Waals surface area contributed by atoms with Gasteiger partial charge in [0, 0.05) is 27.8 Å². The van der Waals surface area contributed by atoms with Gasteiger partial charge < -0.3 is 14.6 Å². The average Bonchev–Trinajstić information content (AvgIpc) is 2.65. The van der Waals surface area contributed by atoms with E-state index in [0.717, 1.165) is 6.07 Å². The number of para-hydroxylation sites is 1. The van der Waals surface area contributed by atoms with Gasteiger partial charge in [-0.05, 0) is 32.1 Å². The van der Waals surface area contributed by atoms with Crippen molar-refractivity contribution in [3.8, 4) is 22.6 Å². The lowest BCUT2D eigenvalue weighted by Gasteiger charge is -2.21. The molecule has 6 nitrogen and oxygen atoms in total. The standard InChI is InChI=1S/C21H18O6/c1-4-27-21(25)19-15(23)10-13-17(14(22)9-11(2)20(13)24)18(19)12-7-5-6-8-16(12)26-3/h5-10,23H,4H2,1-3H3. The quantitative estimate of drug-likeness (QED) is 0.832. The Labute approximate surface area is 156 Å². The van der Waals surface area contributed by atoms with Gasteiger partial charge >= 0.3 is 5.97 Å². The van der Waals surface area contributed by atoms with Crippen molar-refractivity contribution in [3.05, 3.63) is 58.7 Å². The number of carbonyl (C=O) groups is 3. The number of Topliss-reactive ketones (excluding diaryl/α,β-unsaturated/α-hetero) is 1. The van der Waals surface area contributed by atoms with Gasteiger partial charge in [-0.25, -0.2) is 4.79 Å². The van der Waals surface area contributed by atoms with Crippen molar-refractivity contribution >= 4 is 17.5 Å². The number of rotatable bonds is 4. The molecule has 6 heteroatoms. The maximum atomic E-state index is 12.8. The highest BCUT2D eigenvalue weighted by atomic mass is 16.5. The van der Waals surface area contributed by atoms with Crippen molar-refractivity contribution in [2.45, 2.75) is 13.8 Å². The predicted molar refractivity (Wildman–Crippen MR) is 98.5 cm³/mol. The van der Waals surface area contributed by atoms with Crippen LogP contribution in [-0.2, 0) is 4.74 Å². The Balaban J connectivity index is 2.46. The van der Waals surface area contributed by atoms with Crippen LogP contribution in [0.5, 0.6) is 11.5 Å². The minimum absolute atomic E-state index is 0.0476. The highest BCUT2D eigenvalue weighted by Gasteiger charge is 2.33. The van der Waals surface area contributed by atoms with Gasteiger partial charge in [-0.15, -0.1) is 0 Å². The molecular weight excluding hydrogens is 348 g/mol. The van der Waals surface area contributed by atoms with Crippen LogP contribution in [-0.4, -0.2) is 36.4 Å². The molecule has 1 aliphatic carbocycles. The normalized spacial score (nSPS) is 13.1. The summed E-state index contributed by atoms with van der Waals surface area (Å²) in [6.07, 6.45) is 1.23. The van der Waals surface area contributed by atoms with Gasteiger partial charge in [-0.2, -0.15) is 0 Å². The Morgan fingerprint density at radius 2 is 1.81 bits per heavy atom. The average molecular weight is 366 g/mol. The molecule has 0 fully saturated rings. The number of ether oxygens (including phenoxy) is 2. The molecule has 0 saturated heterocycles. The van der Waals surface area contributed by atoms with Crippen molar-refractivity contribution < 1.29 is 29.0 Å². The number of esters is 1. The minimum atomic E-state index is -0.787. The van der Waals surface area contributed by atoms with E-state index in [0.29, 0.717) is 11.3 Å². The monoisotopic (exact) mass is 366 g/mol. The minimum Gasteiger partial charge on any atom is -0.507 e. The highest BCUT2D eigenvalue weighted by Crippen LogP contribution is 2.42. The smallest absolute Gasteiger partial charge is 0.342 e. The van der Waals surface area contributed by atoms with Crippen LogP contribution in [0.25, 0.3) is 11.1 Å². The Morgan fingerprint density at radius 1 is 1.11 bits per heavy atom. The van der Waals surface area contributed by atoms with E-state index in [1.54, 1.807) is 31.2 Å². The first-order valence-electron chi connectivity index (χ1n) is 8.38. The van der Waals surface area contributed by atoms with E-state index in [1.165, 1.54) is 20.1 Å². The molecule has 0 aliphatic heterocycles. The summed E-state index contributed by atoms with van der Waals surface area (Å²) in [5.41, 5.74) is 0.727. The van der Waals surface area contributed by atoms with E-state index in [-0.39, 0.29) is 40.2 Å². The number of hydrogen-bond donors (Lipinski definition) is 1. The number of hydrogen-bond acceptors (Lipinski definition) is 6. The third kappa shape index (κ3) is 2.99. The van der Waals surface area contributed by atoms with E-state index in [1.807, 2.05) is 0 Å². The van der Waals surface area contributed by atoms with Gasteiger partial charge in [-0.1, -0.05) is 18.2 Å². The Hall–Kier alpha value is -3.41. The number of benzene rings is 2. The molecule has 0 amide bonds. The van der Waals surface area contributed by atoms with Crippen LogP contribution in [0.1, 0.15) is 44.9 Å². The SMILES string of the molecule is CCOC(=O)c1c(O)cc2c(c1-c1ccccc1OC)C(=O)C=C(C)C2=O. The molecule has 27 heavy (non-hydrogen) atoms. The third-order valence-electron chi connectivity index (χ3n) is 4.36. The summed E-state index contributed by atoms with van der Waals surface area (Å²) in [5.74, 6) is -1.63. The number of ketones is 2. The Kier molecular flexibility index (Phi) is 4.81.